The first-order valence-electron chi connectivity index (χ1n) is 8.05. The first-order chi connectivity index (χ1) is 9.45. The third-order valence-corrected chi connectivity index (χ3v) is 5.25. The van der Waals surface area contributed by atoms with E-state index in [1.807, 2.05) is 11.8 Å². The number of nitrogens with zero attached hydrogens (tertiary/aromatic N) is 2. The van der Waals surface area contributed by atoms with Crippen LogP contribution in [0.1, 0.15) is 53.4 Å². The second kappa shape index (κ2) is 6.15. The van der Waals surface area contributed by atoms with Gasteiger partial charge < -0.3 is 9.80 Å². The van der Waals surface area contributed by atoms with Gasteiger partial charge in [-0.05, 0) is 32.1 Å². The SMILES string of the molecule is CCC(C)C(=O)N1CCC(N2C(=O)CC(C)C2C)CC1. The van der Waals surface area contributed by atoms with Crippen molar-refractivity contribution in [2.75, 3.05) is 13.1 Å². The van der Waals surface area contributed by atoms with Crippen LogP contribution in [0.2, 0.25) is 0 Å². The van der Waals surface area contributed by atoms with E-state index in [1.165, 1.54) is 0 Å². The molecule has 0 spiro atoms. The molecule has 2 saturated heterocycles. The zero-order valence-corrected chi connectivity index (χ0v) is 13.3. The van der Waals surface area contributed by atoms with E-state index in [2.05, 4.69) is 25.7 Å². The molecule has 0 saturated carbocycles. The molecule has 3 atom stereocenters. The first kappa shape index (κ1) is 15.3. The zero-order valence-electron chi connectivity index (χ0n) is 13.3. The summed E-state index contributed by atoms with van der Waals surface area (Å²) in [6.07, 6.45) is 3.46. The van der Waals surface area contributed by atoms with Gasteiger partial charge in [0.05, 0.1) is 0 Å². The molecule has 2 amide bonds. The van der Waals surface area contributed by atoms with Crippen LogP contribution in [0.5, 0.6) is 0 Å². The molecule has 3 unspecified atom stereocenters. The van der Waals surface area contributed by atoms with Gasteiger partial charge in [0.25, 0.3) is 0 Å². The topological polar surface area (TPSA) is 40.6 Å². The van der Waals surface area contributed by atoms with Crippen LogP contribution >= 0.6 is 0 Å². The average Bonchev–Trinajstić information content (AvgIpc) is 2.71. The Morgan fingerprint density at radius 3 is 2.35 bits per heavy atom. The third kappa shape index (κ3) is 2.84. The molecule has 2 fully saturated rings. The van der Waals surface area contributed by atoms with E-state index in [9.17, 15) is 9.59 Å². The van der Waals surface area contributed by atoms with Gasteiger partial charge >= 0.3 is 0 Å². The third-order valence-electron chi connectivity index (χ3n) is 5.25. The fourth-order valence-electron chi connectivity index (χ4n) is 3.44. The molecule has 2 rings (SSSR count). The van der Waals surface area contributed by atoms with Crippen molar-refractivity contribution in [2.24, 2.45) is 11.8 Å². The minimum atomic E-state index is 0.124. The Bertz CT molecular complexity index is 375. The van der Waals surface area contributed by atoms with Crippen LogP contribution in [-0.4, -0.2) is 46.8 Å². The van der Waals surface area contributed by atoms with Crippen molar-refractivity contribution in [1.82, 2.24) is 9.80 Å². The van der Waals surface area contributed by atoms with Crippen LogP contribution in [0.3, 0.4) is 0 Å². The smallest absolute Gasteiger partial charge is 0.225 e. The molecule has 2 heterocycles. The van der Waals surface area contributed by atoms with Gasteiger partial charge in [-0.1, -0.05) is 20.8 Å². The largest absolute Gasteiger partial charge is 0.342 e. The van der Waals surface area contributed by atoms with E-state index in [1.54, 1.807) is 0 Å². The molecule has 0 N–H and O–H groups in total. The Morgan fingerprint density at radius 2 is 1.90 bits per heavy atom. The second-order valence-corrected chi connectivity index (χ2v) is 6.59. The Kier molecular flexibility index (Phi) is 4.71. The zero-order chi connectivity index (χ0) is 14.9. The lowest BCUT2D eigenvalue weighted by molar-refractivity contribution is -0.138. The Morgan fingerprint density at radius 1 is 1.30 bits per heavy atom. The summed E-state index contributed by atoms with van der Waals surface area (Å²) >= 11 is 0. The summed E-state index contributed by atoms with van der Waals surface area (Å²) in [7, 11) is 0. The van der Waals surface area contributed by atoms with Crippen molar-refractivity contribution in [1.29, 1.82) is 0 Å². The number of piperidine rings is 1. The number of carbonyl (C=O) groups excluding carboxylic acids is 2. The summed E-state index contributed by atoms with van der Waals surface area (Å²) in [6, 6.07) is 0.688. The van der Waals surface area contributed by atoms with E-state index < -0.39 is 0 Å². The van der Waals surface area contributed by atoms with Gasteiger partial charge in [-0.25, -0.2) is 0 Å². The molecule has 4 heteroatoms. The molecule has 0 bridgehead atoms. The van der Waals surface area contributed by atoms with Gasteiger partial charge in [-0.3, -0.25) is 9.59 Å². The van der Waals surface area contributed by atoms with Crippen LogP contribution in [-0.2, 0) is 9.59 Å². The molecule has 0 aromatic rings. The van der Waals surface area contributed by atoms with Crippen molar-refractivity contribution in [3.63, 3.8) is 0 Å². The molecular formula is C16H28N2O2. The minimum Gasteiger partial charge on any atom is -0.342 e. The maximum atomic E-state index is 12.2. The minimum absolute atomic E-state index is 0.124. The summed E-state index contributed by atoms with van der Waals surface area (Å²) < 4.78 is 0. The lowest BCUT2D eigenvalue weighted by Gasteiger charge is -2.39. The summed E-state index contributed by atoms with van der Waals surface area (Å²) in [5.74, 6) is 1.16. The highest BCUT2D eigenvalue weighted by Crippen LogP contribution is 2.30. The highest BCUT2D eigenvalue weighted by Gasteiger charge is 2.39. The van der Waals surface area contributed by atoms with Gasteiger partial charge in [-0.2, -0.15) is 0 Å². The van der Waals surface area contributed by atoms with Gasteiger partial charge in [0.2, 0.25) is 11.8 Å². The molecule has 4 nitrogen and oxygen atoms in total. The van der Waals surface area contributed by atoms with Crippen LogP contribution in [0, 0.1) is 11.8 Å². The highest BCUT2D eigenvalue weighted by molar-refractivity contribution is 5.80. The molecule has 20 heavy (non-hydrogen) atoms. The molecule has 0 aromatic carbocycles. The average molecular weight is 280 g/mol. The van der Waals surface area contributed by atoms with Crippen molar-refractivity contribution >= 4 is 11.8 Å². The lowest BCUT2D eigenvalue weighted by Crippen LogP contribution is -2.50. The normalized spacial score (nSPS) is 29.9. The Labute approximate surface area is 122 Å². The maximum absolute atomic E-state index is 12.2. The molecular weight excluding hydrogens is 252 g/mol. The number of hydrogen-bond acceptors (Lipinski definition) is 2. The van der Waals surface area contributed by atoms with Crippen molar-refractivity contribution in [3.8, 4) is 0 Å². The van der Waals surface area contributed by atoms with Crippen molar-refractivity contribution < 1.29 is 9.59 Å². The van der Waals surface area contributed by atoms with Crippen molar-refractivity contribution in [2.45, 2.75) is 65.5 Å². The fraction of sp³-hybridized carbons (Fsp3) is 0.875. The van der Waals surface area contributed by atoms with Crippen LogP contribution in [0.15, 0.2) is 0 Å². The summed E-state index contributed by atoms with van der Waals surface area (Å²) in [5.41, 5.74) is 0. The van der Waals surface area contributed by atoms with Gasteiger partial charge in [0.15, 0.2) is 0 Å². The molecule has 0 aromatic heterocycles. The van der Waals surface area contributed by atoms with E-state index in [-0.39, 0.29) is 11.8 Å². The maximum Gasteiger partial charge on any atom is 0.225 e. The number of hydrogen-bond donors (Lipinski definition) is 0. The second-order valence-electron chi connectivity index (χ2n) is 6.59. The molecule has 0 radical (unpaired) electrons. The van der Waals surface area contributed by atoms with Crippen molar-refractivity contribution in [3.05, 3.63) is 0 Å². The molecule has 2 aliphatic rings. The lowest BCUT2D eigenvalue weighted by atomic mass is 9.98. The van der Waals surface area contributed by atoms with Crippen LogP contribution in [0.4, 0.5) is 0 Å². The predicted molar refractivity (Wildman–Crippen MR) is 79.1 cm³/mol. The fourth-order valence-corrected chi connectivity index (χ4v) is 3.44. The van der Waals surface area contributed by atoms with Gasteiger partial charge in [0.1, 0.15) is 0 Å². The summed E-state index contributed by atoms with van der Waals surface area (Å²) in [6.45, 7) is 9.98. The Hall–Kier alpha value is -1.06. The van der Waals surface area contributed by atoms with E-state index >= 15 is 0 Å². The standard InChI is InChI=1S/C16H28N2O2/c1-5-11(2)16(20)17-8-6-14(7-9-17)18-13(4)12(3)10-15(18)19/h11-14H,5-10H2,1-4H3. The van der Waals surface area contributed by atoms with Crippen LogP contribution in [0.25, 0.3) is 0 Å². The quantitative estimate of drug-likeness (QED) is 0.796. The van der Waals surface area contributed by atoms with Gasteiger partial charge in [0, 0.05) is 37.5 Å². The summed E-state index contributed by atoms with van der Waals surface area (Å²) in [4.78, 5) is 28.4. The van der Waals surface area contributed by atoms with Crippen LogP contribution < -0.4 is 0 Å². The number of rotatable bonds is 3. The Balaban J connectivity index is 1.91. The monoisotopic (exact) mass is 280 g/mol. The number of amides is 2. The summed E-state index contributed by atoms with van der Waals surface area (Å²) in [5, 5.41) is 0. The van der Waals surface area contributed by atoms with E-state index in [4.69, 9.17) is 0 Å². The molecule has 0 aliphatic carbocycles. The van der Waals surface area contributed by atoms with Gasteiger partial charge in [-0.15, -0.1) is 0 Å². The van der Waals surface area contributed by atoms with E-state index in [0.29, 0.717) is 30.3 Å². The number of carbonyl (C=O) groups is 2. The first-order valence-corrected chi connectivity index (χ1v) is 8.05. The highest BCUT2D eigenvalue weighted by atomic mass is 16.2. The number of likely N-dealkylation sites (tertiary alicyclic amines) is 2. The predicted octanol–water partition coefficient (Wildman–Crippen LogP) is 2.28. The molecule has 2 aliphatic heterocycles. The molecule has 114 valence electrons. The van der Waals surface area contributed by atoms with E-state index in [0.717, 1.165) is 32.4 Å².